The molecule has 0 aromatic carbocycles. The van der Waals surface area contributed by atoms with Gasteiger partial charge in [0.05, 0.1) is 0 Å². The van der Waals surface area contributed by atoms with Crippen LogP contribution in [-0.2, 0) is 9.59 Å². The van der Waals surface area contributed by atoms with Crippen LogP contribution in [0.4, 0.5) is 0 Å². The fourth-order valence-electron chi connectivity index (χ4n) is 2.45. The number of carbonyl (C=O) groups is 2. The first-order chi connectivity index (χ1) is 11.2. The Morgan fingerprint density at radius 1 is 0.913 bits per heavy atom. The Balaban J connectivity index is 3.67. The Morgan fingerprint density at radius 2 is 1.52 bits per heavy atom. The fraction of sp³-hybridized carbons (Fsp3) is 0.889. The highest BCUT2D eigenvalue weighted by Gasteiger charge is 2.17. The lowest BCUT2D eigenvalue weighted by molar-refractivity contribution is -0.129. The molecule has 0 saturated heterocycles. The van der Waals surface area contributed by atoms with Gasteiger partial charge in [0, 0.05) is 19.6 Å². The predicted molar refractivity (Wildman–Crippen MR) is 94.2 cm³/mol. The highest BCUT2D eigenvalue weighted by atomic mass is 16.3. The number of aliphatic hydroxyl groups excluding tert-OH is 1. The molecule has 2 amide bonds. The second-order valence-electron chi connectivity index (χ2n) is 6.12. The van der Waals surface area contributed by atoms with Crippen LogP contribution in [0.1, 0.15) is 84.5 Å². The van der Waals surface area contributed by atoms with E-state index in [-0.39, 0.29) is 24.8 Å². The summed E-state index contributed by atoms with van der Waals surface area (Å²) in [5.41, 5.74) is 0. The molecular formula is C18H36N2O3. The summed E-state index contributed by atoms with van der Waals surface area (Å²) in [5, 5.41) is 14.3. The molecule has 3 N–H and O–H groups in total. The summed E-state index contributed by atoms with van der Waals surface area (Å²) in [7, 11) is 0. The van der Waals surface area contributed by atoms with E-state index in [1.54, 1.807) is 0 Å². The van der Waals surface area contributed by atoms with Crippen molar-refractivity contribution < 1.29 is 14.7 Å². The zero-order valence-corrected chi connectivity index (χ0v) is 15.0. The fourth-order valence-corrected chi connectivity index (χ4v) is 2.45. The molecule has 136 valence electrons. The van der Waals surface area contributed by atoms with Crippen molar-refractivity contribution in [3.63, 3.8) is 0 Å². The molecule has 5 heteroatoms. The van der Waals surface area contributed by atoms with Crippen molar-refractivity contribution in [2.75, 3.05) is 13.2 Å². The third-order valence-corrected chi connectivity index (χ3v) is 3.95. The van der Waals surface area contributed by atoms with Crippen LogP contribution in [-0.4, -0.2) is 36.1 Å². The maximum Gasteiger partial charge on any atom is 0.242 e. The van der Waals surface area contributed by atoms with E-state index in [1.165, 1.54) is 38.5 Å². The van der Waals surface area contributed by atoms with Gasteiger partial charge >= 0.3 is 0 Å². The van der Waals surface area contributed by atoms with Crippen molar-refractivity contribution in [2.45, 2.75) is 90.5 Å². The zero-order valence-electron chi connectivity index (χ0n) is 15.0. The summed E-state index contributed by atoms with van der Waals surface area (Å²) in [4.78, 5) is 23.6. The average Bonchev–Trinajstić information content (AvgIpc) is 2.56. The molecule has 0 spiro atoms. The number of hydrogen-bond acceptors (Lipinski definition) is 3. The lowest BCUT2D eigenvalue weighted by Gasteiger charge is -2.16. The molecule has 0 bridgehead atoms. The van der Waals surface area contributed by atoms with E-state index in [0.717, 1.165) is 12.8 Å². The second kappa shape index (κ2) is 15.8. The lowest BCUT2D eigenvalue weighted by Crippen LogP contribution is -2.46. The second-order valence-corrected chi connectivity index (χ2v) is 6.12. The maximum atomic E-state index is 12.0. The Hall–Kier alpha value is -1.10. The Morgan fingerprint density at radius 3 is 2.09 bits per heavy atom. The molecule has 0 aromatic rings. The summed E-state index contributed by atoms with van der Waals surface area (Å²) in [5.74, 6) is -0.277. The zero-order chi connectivity index (χ0) is 17.3. The highest BCUT2D eigenvalue weighted by Crippen LogP contribution is 2.07. The first-order valence-corrected chi connectivity index (χ1v) is 9.33. The van der Waals surface area contributed by atoms with Gasteiger partial charge in [-0.15, -0.1) is 0 Å². The smallest absolute Gasteiger partial charge is 0.242 e. The first-order valence-electron chi connectivity index (χ1n) is 9.33. The minimum atomic E-state index is -0.463. The predicted octanol–water partition coefficient (Wildman–Crippen LogP) is 2.91. The first kappa shape index (κ1) is 21.9. The van der Waals surface area contributed by atoms with Crippen molar-refractivity contribution in [3.05, 3.63) is 0 Å². The Labute approximate surface area is 141 Å². The van der Waals surface area contributed by atoms with Crippen LogP contribution in [0.2, 0.25) is 0 Å². The van der Waals surface area contributed by atoms with Crippen LogP contribution < -0.4 is 10.6 Å². The average molecular weight is 328 g/mol. The van der Waals surface area contributed by atoms with E-state index >= 15 is 0 Å². The van der Waals surface area contributed by atoms with Gasteiger partial charge in [-0.05, 0) is 19.3 Å². The number of unbranched alkanes of at least 4 members (excludes halogenated alkanes) is 7. The van der Waals surface area contributed by atoms with E-state index < -0.39 is 6.04 Å². The van der Waals surface area contributed by atoms with Crippen molar-refractivity contribution in [2.24, 2.45) is 0 Å². The summed E-state index contributed by atoms with van der Waals surface area (Å²) in [6.07, 6.45) is 11.2. The van der Waals surface area contributed by atoms with Crippen LogP contribution in [0.3, 0.4) is 0 Å². The number of rotatable bonds is 15. The molecule has 1 atom stereocenters. The summed E-state index contributed by atoms with van der Waals surface area (Å²) in [6.45, 7) is 4.78. The molecule has 0 aliphatic carbocycles. The largest absolute Gasteiger partial charge is 0.396 e. The SMILES string of the molecule is CCCCCCCCCCNC(=O)C(CC)NC(=O)CCCO. The molecule has 0 saturated carbocycles. The number of nitrogens with one attached hydrogen (secondary N) is 2. The third-order valence-electron chi connectivity index (χ3n) is 3.95. The van der Waals surface area contributed by atoms with Crippen LogP contribution >= 0.6 is 0 Å². The highest BCUT2D eigenvalue weighted by molar-refractivity contribution is 5.87. The van der Waals surface area contributed by atoms with Gasteiger partial charge in [0.25, 0.3) is 0 Å². The van der Waals surface area contributed by atoms with Crippen LogP contribution in [0.25, 0.3) is 0 Å². The van der Waals surface area contributed by atoms with Crippen LogP contribution in [0.15, 0.2) is 0 Å². The quantitative estimate of drug-likeness (QED) is 0.404. The summed E-state index contributed by atoms with van der Waals surface area (Å²) >= 11 is 0. The van der Waals surface area contributed by atoms with Gasteiger partial charge in [-0.3, -0.25) is 9.59 Å². The minimum Gasteiger partial charge on any atom is -0.396 e. The summed E-state index contributed by atoms with van der Waals surface area (Å²) < 4.78 is 0. The maximum absolute atomic E-state index is 12.0. The van der Waals surface area contributed by atoms with E-state index in [0.29, 0.717) is 19.4 Å². The molecule has 0 radical (unpaired) electrons. The van der Waals surface area contributed by atoms with E-state index in [1.807, 2.05) is 6.92 Å². The van der Waals surface area contributed by atoms with Gasteiger partial charge in [-0.1, -0.05) is 58.8 Å². The van der Waals surface area contributed by atoms with E-state index in [4.69, 9.17) is 5.11 Å². The Bertz CT molecular complexity index is 309. The molecule has 0 aliphatic heterocycles. The number of hydrogen-bond donors (Lipinski definition) is 3. The molecule has 0 fully saturated rings. The molecule has 0 heterocycles. The van der Waals surface area contributed by atoms with Gasteiger partial charge in [0.15, 0.2) is 0 Å². The molecule has 0 rings (SSSR count). The molecule has 0 aliphatic rings. The van der Waals surface area contributed by atoms with Gasteiger partial charge in [0.1, 0.15) is 6.04 Å². The van der Waals surface area contributed by atoms with E-state index in [2.05, 4.69) is 17.6 Å². The lowest BCUT2D eigenvalue weighted by atomic mass is 10.1. The van der Waals surface area contributed by atoms with Crippen molar-refractivity contribution in [1.82, 2.24) is 10.6 Å². The summed E-state index contributed by atoms with van der Waals surface area (Å²) in [6, 6.07) is -0.463. The van der Waals surface area contributed by atoms with Crippen LogP contribution in [0, 0.1) is 0 Å². The van der Waals surface area contributed by atoms with Gasteiger partial charge in [-0.25, -0.2) is 0 Å². The van der Waals surface area contributed by atoms with Gasteiger partial charge in [-0.2, -0.15) is 0 Å². The third kappa shape index (κ3) is 13.1. The molecular weight excluding hydrogens is 292 g/mol. The monoisotopic (exact) mass is 328 g/mol. The topological polar surface area (TPSA) is 78.4 Å². The molecule has 23 heavy (non-hydrogen) atoms. The molecule has 1 unspecified atom stereocenters. The number of aliphatic hydroxyl groups is 1. The minimum absolute atomic E-state index is 0.00511. The number of carbonyl (C=O) groups excluding carboxylic acids is 2. The normalized spacial score (nSPS) is 12.0. The van der Waals surface area contributed by atoms with E-state index in [9.17, 15) is 9.59 Å². The Kier molecular flexibility index (Phi) is 15.0. The number of amides is 2. The van der Waals surface area contributed by atoms with Gasteiger partial charge in [0.2, 0.25) is 11.8 Å². The molecule has 5 nitrogen and oxygen atoms in total. The van der Waals surface area contributed by atoms with Crippen LogP contribution in [0.5, 0.6) is 0 Å². The van der Waals surface area contributed by atoms with Crippen molar-refractivity contribution in [3.8, 4) is 0 Å². The standard InChI is InChI=1S/C18H36N2O3/c1-3-5-6-7-8-9-10-11-14-19-18(23)16(4-2)20-17(22)13-12-15-21/h16,21H,3-15H2,1-2H3,(H,19,23)(H,20,22). The van der Waals surface area contributed by atoms with Crippen molar-refractivity contribution in [1.29, 1.82) is 0 Å². The van der Waals surface area contributed by atoms with Gasteiger partial charge < -0.3 is 15.7 Å². The molecule has 0 aromatic heterocycles. The van der Waals surface area contributed by atoms with Crippen molar-refractivity contribution >= 4 is 11.8 Å².